The minimum Gasteiger partial charge on any atom is -0.388 e. The van der Waals surface area contributed by atoms with E-state index in [4.69, 9.17) is 5.11 Å². The maximum absolute atomic E-state index is 12.1. The first-order chi connectivity index (χ1) is 8.52. The van der Waals surface area contributed by atoms with E-state index >= 15 is 0 Å². The van der Waals surface area contributed by atoms with Crippen LogP contribution in [0.25, 0.3) is 0 Å². The van der Waals surface area contributed by atoms with E-state index in [1.165, 1.54) is 11.3 Å². The van der Waals surface area contributed by atoms with Gasteiger partial charge in [-0.25, -0.2) is 0 Å². The lowest BCUT2D eigenvalue weighted by molar-refractivity contribution is 0.0572. The Balaban J connectivity index is 2.08. The quantitative estimate of drug-likeness (QED) is 0.734. The van der Waals surface area contributed by atoms with Crippen LogP contribution >= 0.6 is 11.3 Å². The summed E-state index contributed by atoms with van der Waals surface area (Å²) in [6, 6.07) is 1.72. The molecule has 0 aromatic carbocycles. The first kappa shape index (κ1) is 13.1. The van der Waals surface area contributed by atoms with Crippen molar-refractivity contribution in [1.82, 2.24) is 4.90 Å². The van der Waals surface area contributed by atoms with Gasteiger partial charge in [0.25, 0.3) is 5.91 Å². The van der Waals surface area contributed by atoms with Gasteiger partial charge in [0, 0.05) is 18.5 Å². The molecule has 0 aliphatic carbocycles. The largest absolute Gasteiger partial charge is 0.388 e. The zero-order chi connectivity index (χ0) is 13.2. The van der Waals surface area contributed by atoms with Crippen LogP contribution in [0, 0.1) is 11.8 Å². The number of carbonyl (C=O) groups excluding carboxylic acids is 1. The van der Waals surface area contributed by atoms with Crippen LogP contribution < -0.4 is 0 Å². The number of aliphatic hydroxyl groups excluding tert-OH is 1. The van der Waals surface area contributed by atoms with Gasteiger partial charge in [-0.15, -0.1) is 11.3 Å². The van der Waals surface area contributed by atoms with Gasteiger partial charge in [0.15, 0.2) is 0 Å². The summed E-state index contributed by atoms with van der Waals surface area (Å²) in [6.07, 6.45) is 0.611. The van der Waals surface area contributed by atoms with E-state index in [1.54, 1.807) is 23.3 Å². The third-order valence-electron chi connectivity index (χ3n) is 2.88. The van der Waals surface area contributed by atoms with Crippen LogP contribution in [0.2, 0.25) is 0 Å². The second-order valence-electron chi connectivity index (χ2n) is 4.63. The van der Waals surface area contributed by atoms with Gasteiger partial charge in [-0.05, 0) is 19.4 Å². The fourth-order valence-electron chi connectivity index (χ4n) is 1.94. The average Bonchev–Trinajstić information content (AvgIpc) is 2.92. The number of nitrogens with zero attached hydrogens (tertiary/aromatic N) is 1. The number of aliphatic hydroxyl groups is 2. The van der Waals surface area contributed by atoms with Crippen molar-refractivity contribution in [3.63, 3.8) is 0 Å². The van der Waals surface area contributed by atoms with Gasteiger partial charge < -0.3 is 15.1 Å². The zero-order valence-electron chi connectivity index (χ0n) is 10.1. The van der Waals surface area contributed by atoms with E-state index in [0.717, 1.165) is 4.88 Å². The molecule has 5 heteroatoms. The molecule has 0 bridgehead atoms. The first-order valence-electron chi connectivity index (χ1n) is 5.72. The molecule has 4 nitrogen and oxygen atoms in total. The Hall–Kier alpha value is -1.35. The molecule has 0 spiro atoms. The minimum absolute atomic E-state index is 0.0685. The summed E-state index contributed by atoms with van der Waals surface area (Å²) < 4.78 is 0. The van der Waals surface area contributed by atoms with Crippen molar-refractivity contribution in [2.45, 2.75) is 18.9 Å². The van der Waals surface area contributed by atoms with Gasteiger partial charge in [0.1, 0.15) is 6.61 Å². The molecule has 1 atom stereocenters. The Morgan fingerprint density at radius 3 is 3.06 bits per heavy atom. The number of amides is 1. The smallest absolute Gasteiger partial charge is 0.254 e. The van der Waals surface area contributed by atoms with Crippen molar-refractivity contribution in [3.8, 4) is 11.8 Å². The summed E-state index contributed by atoms with van der Waals surface area (Å²) >= 11 is 1.38. The number of thiophene rings is 1. The Kier molecular flexibility index (Phi) is 3.71. The predicted octanol–water partition coefficient (Wildman–Crippen LogP) is 0.689. The lowest BCUT2D eigenvalue weighted by atomic mass is 10.1. The van der Waals surface area contributed by atoms with E-state index in [0.29, 0.717) is 25.1 Å². The fourth-order valence-corrected chi connectivity index (χ4v) is 2.69. The molecule has 18 heavy (non-hydrogen) atoms. The highest BCUT2D eigenvalue weighted by molar-refractivity contribution is 7.10. The highest BCUT2D eigenvalue weighted by Crippen LogP contribution is 2.23. The molecule has 1 amide bonds. The van der Waals surface area contributed by atoms with Gasteiger partial charge in [-0.3, -0.25) is 4.79 Å². The normalized spacial score (nSPS) is 22.7. The van der Waals surface area contributed by atoms with Crippen molar-refractivity contribution in [1.29, 1.82) is 0 Å². The third-order valence-corrected chi connectivity index (χ3v) is 3.72. The molecule has 1 fully saturated rings. The van der Waals surface area contributed by atoms with E-state index in [1.807, 2.05) is 0 Å². The number of β-amino-alcohol motifs (C(OH)–C–C–N with tert-alkyl or cyclic N) is 1. The Labute approximate surface area is 110 Å². The minimum atomic E-state index is -0.773. The number of hydrogen-bond donors (Lipinski definition) is 2. The molecule has 1 aliphatic heterocycles. The SMILES string of the molecule is CC1(O)CCN(C(=O)c2csc(C#CCO)c2)C1. The molecule has 1 aromatic rings. The lowest BCUT2D eigenvalue weighted by Crippen LogP contribution is -2.33. The van der Waals surface area contributed by atoms with Gasteiger partial charge in [0.05, 0.1) is 16.0 Å². The van der Waals surface area contributed by atoms with Crippen LogP contribution in [0.1, 0.15) is 28.6 Å². The monoisotopic (exact) mass is 265 g/mol. The van der Waals surface area contributed by atoms with Crippen molar-refractivity contribution < 1.29 is 15.0 Å². The van der Waals surface area contributed by atoms with Crippen LogP contribution in [0.5, 0.6) is 0 Å². The van der Waals surface area contributed by atoms with Gasteiger partial charge >= 0.3 is 0 Å². The van der Waals surface area contributed by atoms with E-state index in [-0.39, 0.29) is 12.5 Å². The standard InChI is InChI=1S/C13H15NO3S/c1-13(17)4-5-14(9-13)12(16)10-7-11(18-8-10)3-2-6-15/h7-8,15,17H,4-6,9H2,1H3. The molecule has 0 radical (unpaired) electrons. The Morgan fingerprint density at radius 1 is 1.67 bits per heavy atom. The van der Waals surface area contributed by atoms with Crippen LogP contribution in [0.15, 0.2) is 11.4 Å². The highest BCUT2D eigenvalue weighted by Gasteiger charge is 2.34. The second kappa shape index (κ2) is 5.11. The summed E-state index contributed by atoms with van der Waals surface area (Å²) in [5.74, 6) is 5.26. The summed E-state index contributed by atoms with van der Waals surface area (Å²) in [5, 5.41) is 20.2. The summed E-state index contributed by atoms with van der Waals surface area (Å²) in [6.45, 7) is 2.51. The van der Waals surface area contributed by atoms with Gasteiger partial charge in [0.2, 0.25) is 0 Å². The van der Waals surface area contributed by atoms with Crippen LogP contribution in [-0.4, -0.2) is 46.3 Å². The molecule has 96 valence electrons. The Morgan fingerprint density at radius 2 is 2.44 bits per heavy atom. The maximum Gasteiger partial charge on any atom is 0.254 e. The number of likely N-dealkylation sites (tertiary alicyclic amines) is 1. The lowest BCUT2D eigenvalue weighted by Gasteiger charge is -2.18. The topological polar surface area (TPSA) is 60.8 Å². The van der Waals surface area contributed by atoms with Crippen LogP contribution in [-0.2, 0) is 0 Å². The van der Waals surface area contributed by atoms with Crippen molar-refractivity contribution >= 4 is 17.2 Å². The average molecular weight is 265 g/mol. The molecule has 2 rings (SSSR count). The van der Waals surface area contributed by atoms with E-state index in [2.05, 4.69) is 11.8 Å². The number of carbonyl (C=O) groups is 1. The zero-order valence-corrected chi connectivity index (χ0v) is 11.0. The highest BCUT2D eigenvalue weighted by atomic mass is 32.1. The summed E-state index contributed by atoms with van der Waals surface area (Å²) in [5.41, 5.74) is -0.175. The van der Waals surface area contributed by atoms with Crippen LogP contribution in [0.3, 0.4) is 0 Å². The fraction of sp³-hybridized carbons (Fsp3) is 0.462. The first-order valence-corrected chi connectivity index (χ1v) is 6.60. The van der Waals surface area contributed by atoms with Crippen molar-refractivity contribution in [2.24, 2.45) is 0 Å². The van der Waals surface area contributed by atoms with Crippen molar-refractivity contribution in [2.75, 3.05) is 19.7 Å². The van der Waals surface area contributed by atoms with Gasteiger partial charge in [-0.1, -0.05) is 11.8 Å². The molecule has 1 unspecified atom stereocenters. The molecule has 2 heterocycles. The molecule has 1 aromatic heterocycles. The molecule has 1 saturated heterocycles. The maximum atomic E-state index is 12.1. The predicted molar refractivity (Wildman–Crippen MR) is 69.4 cm³/mol. The summed E-state index contributed by atoms with van der Waals surface area (Å²) in [7, 11) is 0. The Bertz CT molecular complexity index is 510. The number of rotatable bonds is 1. The third kappa shape index (κ3) is 2.91. The van der Waals surface area contributed by atoms with Crippen molar-refractivity contribution in [3.05, 3.63) is 21.9 Å². The molecule has 0 saturated carbocycles. The molecular formula is C13H15NO3S. The molecule has 2 N–H and O–H groups in total. The second-order valence-corrected chi connectivity index (χ2v) is 5.54. The van der Waals surface area contributed by atoms with Gasteiger partial charge in [-0.2, -0.15) is 0 Å². The van der Waals surface area contributed by atoms with E-state index < -0.39 is 5.60 Å². The number of hydrogen-bond acceptors (Lipinski definition) is 4. The molecular weight excluding hydrogens is 250 g/mol. The molecule has 1 aliphatic rings. The van der Waals surface area contributed by atoms with E-state index in [9.17, 15) is 9.90 Å². The van der Waals surface area contributed by atoms with Crippen LogP contribution in [0.4, 0.5) is 0 Å². The summed E-state index contributed by atoms with van der Waals surface area (Å²) in [4.78, 5) is 14.6.